The fraction of sp³-hybridized carbons (Fsp3) is 0.296. The Hall–Kier alpha value is -2.91. The minimum atomic E-state index is -0.00501. The first kappa shape index (κ1) is 20.4. The van der Waals surface area contributed by atoms with Crippen molar-refractivity contribution in [1.29, 1.82) is 0 Å². The zero-order chi connectivity index (χ0) is 20.7. The first-order chi connectivity index (χ1) is 14.8. The van der Waals surface area contributed by atoms with Gasteiger partial charge in [-0.25, -0.2) is 0 Å². The maximum Gasteiger partial charge on any atom is 0.251 e. The van der Waals surface area contributed by atoms with Crippen molar-refractivity contribution in [2.45, 2.75) is 24.7 Å². The second-order valence-electron chi connectivity index (χ2n) is 8.27. The molecule has 1 aliphatic rings. The summed E-state index contributed by atoms with van der Waals surface area (Å²) in [5.74, 6) is 0.0115. The van der Waals surface area contributed by atoms with Crippen LogP contribution in [0.5, 0.6) is 0 Å². The number of rotatable bonds is 7. The molecule has 4 rings (SSSR count). The van der Waals surface area contributed by atoms with Gasteiger partial charge in [0.05, 0.1) is 0 Å². The molecule has 0 aromatic heterocycles. The lowest BCUT2D eigenvalue weighted by Gasteiger charge is -2.42. The van der Waals surface area contributed by atoms with Gasteiger partial charge in [0.25, 0.3) is 5.91 Å². The normalized spacial score (nSPS) is 16.1. The molecule has 0 unspecified atom stereocenters. The third-order valence-electron chi connectivity index (χ3n) is 6.38. The molecule has 0 aliphatic carbocycles. The molecule has 3 heteroatoms. The number of likely N-dealkylation sites (tertiary alicyclic amines) is 1. The average molecular weight is 399 g/mol. The van der Waals surface area contributed by atoms with Gasteiger partial charge in [-0.05, 0) is 55.6 Å². The molecule has 0 atom stereocenters. The lowest BCUT2D eigenvalue weighted by molar-refractivity contribution is 0.0922. The molecular weight excluding hydrogens is 368 g/mol. The van der Waals surface area contributed by atoms with Crippen molar-refractivity contribution < 1.29 is 4.79 Å². The zero-order valence-corrected chi connectivity index (χ0v) is 17.5. The van der Waals surface area contributed by atoms with Crippen molar-refractivity contribution in [3.63, 3.8) is 0 Å². The van der Waals surface area contributed by atoms with E-state index in [1.165, 1.54) is 11.1 Å². The van der Waals surface area contributed by atoms with Crippen molar-refractivity contribution in [1.82, 2.24) is 10.2 Å². The molecule has 3 aromatic carbocycles. The molecule has 30 heavy (non-hydrogen) atoms. The summed E-state index contributed by atoms with van der Waals surface area (Å²) in [6.45, 7) is 3.88. The van der Waals surface area contributed by atoms with E-state index in [0.717, 1.165) is 44.5 Å². The van der Waals surface area contributed by atoms with Crippen molar-refractivity contribution >= 4 is 5.91 Å². The number of hydrogen-bond acceptors (Lipinski definition) is 2. The Morgan fingerprint density at radius 3 is 2.00 bits per heavy atom. The van der Waals surface area contributed by atoms with Gasteiger partial charge in [-0.1, -0.05) is 78.9 Å². The predicted octanol–water partition coefficient (Wildman–Crippen LogP) is 4.69. The first-order valence-corrected chi connectivity index (χ1v) is 10.9. The summed E-state index contributed by atoms with van der Waals surface area (Å²) < 4.78 is 0. The van der Waals surface area contributed by atoms with E-state index in [1.54, 1.807) is 0 Å². The van der Waals surface area contributed by atoms with E-state index in [4.69, 9.17) is 0 Å². The SMILES string of the molecule is O=C(NCC1(c2ccccc2)CCN(CCc2ccccc2)CC1)c1ccccc1. The summed E-state index contributed by atoms with van der Waals surface area (Å²) in [6.07, 6.45) is 3.20. The molecule has 0 spiro atoms. The highest BCUT2D eigenvalue weighted by molar-refractivity contribution is 5.94. The van der Waals surface area contributed by atoms with E-state index in [2.05, 4.69) is 70.9 Å². The smallest absolute Gasteiger partial charge is 0.251 e. The summed E-state index contributed by atoms with van der Waals surface area (Å²) in [5.41, 5.74) is 3.45. The second kappa shape index (κ2) is 9.73. The topological polar surface area (TPSA) is 32.3 Å². The van der Waals surface area contributed by atoms with Crippen LogP contribution in [-0.2, 0) is 11.8 Å². The van der Waals surface area contributed by atoms with Gasteiger partial charge in [-0.3, -0.25) is 4.79 Å². The summed E-state index contributed by atoms with van der Waals surface area (Å²) in [6, 6.07) is 30.9. The minimum absolute atomic E-state index is 0.00501. The van der Waals surface area contributed by atoms with Gasteiger partial charge in [0.15, 0.2) is 0 Å². The van der Waals surface area contributed by atoms with Crippen LogP contribution in [0.2, 0.25) is 0 Å². The predicted molar refractivity (Wildman–Crippen MR) is 123 cm³/mol. The van der Waals surface area contributed by atoms with Crippen LogP contribution < -0.4 is 5.32 Å². The summed E-state index contributed by atoms with van der Waals surface area (Å²) >= 11 is 0. The Morgan fingerprint density at radius 1 is 0.800 bits per heavy atom. The van der Waals surface area contributed by atoms with Crippen molar-refractivity contribution in [3.8, 4) is 0 Å². The molecule has 3 aromatic rings. The minimum Gasteiger partial charge on any atom is -0.351 e. The maximum absolute atomic E-state index is 12.7. The van der Waals surface area contributed by atoms with Crippen LogP contribution in [-0.4, -0.2) is 37.0 Å². The molecule has 1 amide bonds. The van der Waals surface area contributed by atoms with Gasteiger partial charge >= 0.3 is 0 Å². The fourth-order valence-electron chi connectivity index (χ4n) is 4.44. The summed E-state index contributed by atoms with van der Waals surface area (Å²) in [7, 11) is 0. The second-order valence-corrected chi connectivity index (χ2v) is 8.27. The maximum atomic E-state index is 12.7. The van der Waals surface area contributed by atoms with E-state index in [-0.39, 0.29) is 11.3 Å². The third kappa shape index (κ3) is 4.98. The van der Waals surface area contributed by atoms with Crippen LogP contribution in [0, 0.1) is 0 Å². The highest BCUT2D eigenvalue weighted by Crippen LogP contribution is 2.35. The standard InChI is InChI=1S/C27H30N2O/c30-26(24-12-6-2-7-13-24)28-22-27(25-14-8-3-9-15-25)17-20-29(21-18-27)19-16-23-10-4-1-5-11-23/h1-15H,16-22H2,(H,28,30). The van der Waals surface area contributed by atoms with E-state index in [9.17, 15) is 4.79 Å². The Morgan fingerprint density at radius 2 is 1.37 bits per heavy atom. The van der Waals surface area contributed by atoms with Gasteiger partial charge in [0, 0.05) is 24.1 Å². The average Bonchev–Trinajstić information content (AvgIpc) is 2.84. The lowest BCUT2D eigenvalue weighted by Crippen LogP contribution is -2.49. The van der Waals surface area contributed by atoms with Crippen molar-refractivity contribution in [3.05, 3.63) is 108 Å². The van der Waals surface area contributed by atoms with E-state index >= 15 is 0 Å². The number of piperidine rings is 1. The third-order valence-corrected chi connectivity index (χ3v) is 6.38. The zero-order valence-electron chi connectivity index (χ0n) is 17.5. The number of benzene rings is 3. The van der Waals surface area contributed by atoms with Gasteiger partial charge in [0.2, 0.25) is 0 Å². The Labute approximate surface area is 179 Å². The van der Waals surface area contributed by atoms with E-state index in [0.29, 0.717) is 6.54 Å². The molecular formula is C27H30N2O. The van der Waals surface area contributed by atoms with Crippen molar-refractivity contribution in [2.24, 2.45) is 0 Å². The molecule has 0 saturated carbocycles. The van der Waals surface area contributed by atoms with E-state index < -0.39 is 0 Å². The molecule has 0 radical (unpaired) electrons. The first-order valence-electron chi connectivity index (χ1n) is 10.9. The quantitative estimate of drug-likeness (QED) is 0.626. The molecule has 154 valence electrons. The van der Waals surface area contributed by atoms with Crippen LogP contribution in [0.4, 0.5) is 0 Å². The van der Waals surface area contributed by atoms with E-state index in [1.807, 2.05) is 30.3 Å². The fourth-order valence-corrected chi connectivity index (χ4v) is 4.44. The molecule has 3 nitrogen and oxygen atoms in total. The molecule has 1 fully saturated rings. The Bertz CT molecular complexity index is 917. The van der Waals surface area contributed by atoms with Crippen LogP contribution in [0.3, 0.4) is 0 Å². The van der Waals surface area contributed by atoms with Crippen molar-refractivity contribution in [2.75, 3.05) is 26.2 Å². The van der Waals surface area contributed by atoms with Gasteiger partial charge < -0.3 is 10.2 Å². The summed E-state index contributed by atoms with van der Waals surface area (Å²) in [4.78, 5) is 15.2. The molecule has 1 N–H and O–H groups in total. The highest BCUT2D eigenvalue weighted by Gasteiger charge is 2.36. The number of carbonyl (C=O) groups excluding carboxylic acids is 1. The van der Waals surface area contributed by atoms with Crippen LogP contribution in [0.15, 0.2) is 91.0 Å². The number of carbonyl (C=O) groups is 1. The van der Waals surface area contributed by atoms with Gasteiger partial charge in [0.1, 0.15) is 0 Å². The Balaban J connectivity index is 1.41. The Kier molecular flexibility index (Phi) is 6.60. The lowest BCUT2D eigenvalue weighted by atomic mass is 9.72. The van der Waals surface area contributed by atoms with Crippen LogP contribution >= 0.6 is 0 Å². The largest absolute Gasteiger partial charge is 0.351 e. The molecule has 1 aliphatic heterocycles. The molecule has 1 saturated heterocycles. The van der Waals surface area contributed by atoms with Crippen LogP contribution in [0.1, 0.15) is 34.3 Å². The van der Waals surface area contributed by atoms with Gasteiger partial charge in [-0.2, -0.15) is 0 Å². The molecule has 0 bridgehead atoms. The number of hydrogen-bond donors (Lipinski definition) is 1. The number of nitrogens with zero attached hydrogens (tertiary/aromatic N) is 1. The monoisotopic (exact) mass is 398 g/mol. The highest BCUT2D eigenvalue weighted by atomic mass is 16.1. The van der Waals surface area contributed by atoms with Crippen LogP contribution in [0.25, 0.3) is 0 Å². The molecule has 1 heterocycles. The van der Waals surface area contributed by atoms with Gasteiger partial charge in [-0.15, -0.1) is 0 Å². The number of nitrogens with one attached hydrogen (secondary N) is 1. The summed E-state index contributed by atoms with van der Waals surface area (Å²) in [5, 5.41) is 3.22. The number of amides is 1.